The molecule has 0 aromatic rings. The highest BCUT2D eigenvalue weighted by molar-refractivity contribution is 5.66. The van der Waals surface area contributed by atoms with Crippen LogP contribution in [0.4, 0.5) is 4.79 Å². The smallest absolute Gasteiger partial charge is 0.407 e. The third kappa shape index (κ3) is 2.12. The number of hydrogen-bond acceptors (Lipinski definition) is 2. The summed E-state index contributed by atoms with van der Waals surface area (Å²) in [4.78, 5) is 12.5. The molecule has 0 aromatic heterocycles. The van der Waals surface area contributed by atoms with Crippen LogP contribution in [0.3, 0.4) is 0 Å². The van der Waals surface area contributed by atoms with Crippen molar-refractivity contribution in [3.05, 3.63) is 0 Å². The van der Waals surface area contributed by atoms with Crippen molar-refractivity contribution >= 4 is 6.09 Å². The van der Waals surface area contributed by atoms with Crippen molar-refractivity contribution < 1.29 is 9.90 Å². The van der Waals surface area contributed by atoms with Crippen LogP contribution in [0.2, 0.25) is 0 Å². The fourth-order valence-corrected chi connectivity index (χ4v) is 1.83. The van der Waals surface area contributed by atoms with Crippen molar-refractivity contribution in [2.24, 2.45) is 5.73 Å². The summed E-state index contributed by atoms with van der Waals surface area (Å²) >= 11 is 0. The summed E-state index contributed by atoms with van der Waals surface area (Å²) in [5.41, 5.74) is 5.31. The molecule has 0 saturated heterocycles. The summed E-state index contributed by atoms with van der Waals surface area (Å²) in [6.07, 6.45) is 0.747. The lowest BCUT2D eigenvalue weighted by molar-refractivity contribution is 0.0351. The van der Waals surface area contributed by atoms with Gasteiger partial charge in [0, 0.05) is 17.6 Å². The highest BCUT2D eigenvalue weighted by atomic mass is 16.4. The molecule has 0 bridgehead atoms. The zero-order valence-electron chi connectivity index (χ0n) is 8.45. The van der Waals surface area contributed by atoms with E-state index in [2.05, 4.69) is 0 Å². The van der Waals surface area contributed by atoms with Crippen molar-refractivity contribution in [1.82, 2.24) is 4.90 Å². The number of nitrogens with two attached hydrogens (primary N) is 1. The quantitative estimate of drug-likeness (QED) is 0.647. The van der Waals surface area contributed by atoms with E-state index >= 15 is 0 Å². The average Bonchev–Trinajstić information content (AvgIpc) is 1.79. The van der Waals surface area contributed by atoms with Gasteiger partial charge in [0.2, 0.25) is 0 Å². The molecule has 0 unspecified atom stereocenters. The Labute approximate surface area is 78.7 Å². The molecule has 4 heteroatoms. The Hall–Kier alpha value is -0.770. The van der Waals surface area contributed by atoms with Crippen LogP contribution in [-0.2, 0) is 0 Å². The zero-order valence-corrected chi connectivity index (χ0v) is 8.45. The van der Waals surface area contributed by atoms with Gasteiger partial charge in [0.25, 0.3) is 0 Å². The summed E-state index contributed by atoms with van der Waals surface area (Å²) < 4.78 is 0. The topological polar surface area (TPSA) is 66.6 Å². The molecular weight excluding hydrogens is 168 g/mol. The Morgan fingerprint density at radius 2 is 1.92 bits per heavy atom. The highest BCUT2D eigenvalue weighted by Gasteiger charge is 2.39. The van der Waals surface area contributed by atoms with E-state index in [-0.39, 0.29) is 17.6 Å². The van der Waals surface area contributed by atoms with E-state index in [1.54, 1.807) is 0 Å². The molecule has 0 aromatic carbocycles. The first-order chi connectivity index (χ1) is 5.82. The molecule has 0 heterocycles. The standard InChI is InChI=1S/C9H18N2O2/c1-9(2,3)11(8(12)13)7-4-6(10)5-7/h6-7H,4-5,10H2,1-3H3,(H,12,13). The minimum absolute atomic E-state index is 0.118. The SMILES string of the molecule is CC(C)(C)N(C(=O)O)C1CC(N)C1. The Bertz CT molecular complexity index is 204. The van der Waals surface area contributed by atoms with Gasteiger partial charge in [0.05, 0.1) is 0 Å². The first-order valence-electron chi connectivity index (χ1n) is 4.60. The van der Waals surface area contributed by atoms with Gasteiger partial charge >= 0.3 is 6.09 Å². The van der Waals surface area contributed by atoms with Crippen LogP contribution < -0.4 is 5.73 Å². The molecule has 76 valence electrons. The van der Waals surface area contributed by atoms with E-state index in [1.807, 2.05) is 20.8 Å². The Morgan fingerprint density at radius 1 is 1.46 bits per heavy atom. The van der Waals surface area contributed by atoms with Crippen molar-refractivity contribution in [2.45, 2.75) is 51.2 Å². The molecule has 0 radical (unpaired) electrons. The fraction of sp³-hybridized carbons (Fsp3) is 0.889. The number of carbonyl (C=O) groups is 1. The second kappa shape index (κ2) is 3.18. The molecule has 1 aliphatic carbocycles. The number of nitrogens with zero attached hydrogens (tertiary/aromatic N) is 1. The van der Waals surface area contributed by atoms with Gasteiger partial charge in [0.1, 0.15) is 0 Å². The minimum atomic E-state index is -0.843. The number of rotatable bonds is 1. The molecule has 1 fully saturated rings. The molecule has 0 spiro atoms. The van der Waals surface area contributed by atoms with Crippen LogP contribution in [0.25, 0.3) is 0 Å². The Kier molecular flexibility index (Phi) is 2.52. The summed E-state index contributed by atoms with van der Waals surface area (Å²) in [7, 11) is 0. The number of carboxylic acid groups (broad SMARTS) is 1. The van der Waals surface area contributed by atoms with Crippen LogP contribution in [-0.4, -0.2) is 33.7 Å². The maximum atomic E-state index is 11.0. The summed E-state index contributed by atoms with van der Waals surface area (Å²) in [6.45, 7) is 5.72. The van der Waals surface area contributed by atoms with Gasteiger partial charge in [0.15, 0.2) is 0 Å². The fourth-order valence-electron chi connectivity index (χ4n) is 1.83. The van der Waals surface area contributed by atoms with E-state index in [9.17, 15) is 4.79 Å². The third-order valence-electron chi connectivity index (χ3n) is 2.44. The zero-order chi connectivity index (χ0) is 10.2. The third-order valence-corrected chi connectivity index (χ3v) is 2.44. The van der Waals surface area contributed by atoms with Crippen molar-refractivity contribution in [3.8, 4) is 0 Å². The molecular formula is C9H18N2O2. The van der Waals surface area contributed by atoms with Crippen molar-refractivity contribution in [2.75, 3.05) is 0 Å². The predicted molar refractivity (Wildman–Crippen MR) is 50.6 cm³/mol. The maximum Gasteiger partial charge on any atom is 0.407 e. The van der Waals surface area contributed by atoms with Gasteiger partial charge in [-0.3, -0.25) is 0 Å². The van der Waals surface area contributed by atoms with Crippen LogP contribution >= 0.6 is 0 Å². The monoisotopic (exact) mass is 186 g/mol. The highest BCUT2D eigenvalue weighted by Crippen LogP contribution is 2.29. The molecule has 0 atom stereocenters. The normalized spacial score (nSPS) is 28.0. The molecule has 4 nitrogen and oxygen atoms in total. The van der Waals surface area contributed by atoms with Crippen LogP contribution in [0, 0.1) is 0 Å². The van der Waals surface area contributed by atoms with E-state index in [4.69, 9.17) is 10.8 Å². The maximum absolute atomic E-state index is 11.0. The van der Waals surface area contributed by atoms with E-state index in [1.165, 1.54) is 4.90 Å². The van der Waals surface area contributed by atoms with Gasteiger partial charge < -0.3 is 15.7 Å². The molecule has 1 aliphatic rings. The average molecular weight is 186 g/mol. The summed E-state index contributed by atoms with van der Waals surface area (Å²) in [6, 6.07) is 0.307. The van der Waals surface area contributed by atoms with Gasteiger partial charge in [-0.15, -0.1) is 0 Å². The van der Waals surface area contributed by atoms with E-state index < -0.39 is 6.09 Å². The number of amides is 1. The van der Waals surface area contributed by atoms with Gasteiger partial charge in [-0.1, -0.05) is 0 Å². The lowest BCUT2D eigenvalue weighted by Gasteiger charge is -2.46. The van der Waals surface area contributed by atoms with E-state index in [0.717, 1.165) is 12.8 Å². The van der Waals surface area contributed by atoms with Crippen molar-refractivity contribution in [1.29, 1.82) is 0 Å². The molecule has 1 saturated carbocycles. The second-order valence-electron chi connectivity index (χ2n) is 4.71. The van der Waals surface area contributed by atoms with Crippen LogP contribution in [0.5, 0.6) is 0 Å². The minimum Gasteiger partial charge on any atom is -0.465 e. The molecule has 1 rings (SSSR count). The van der Waals surface area contributed by atoms with Gasteiger partial charge in [-0.05, 0) is 33.6 Å². The van der Waals surface area contributed by atoms with Crippen molar-refractivity contribution in [3.63, 3.8) is 0 Å². The molecule has 13 heavy (non-hydrogen) atoms. The second-order valence-corrected chi connectivity index (χ2v) is 4.71. The predicted octanol–water partition coefficient (Wildman–Crippen LogP) is 1.25. The molecule has 1 amide bonds. The van der Waals surface area contributed by atoms with Crippen LogP contribution in [0.1, 0.15) is 33.6 Å². The van der Waals surface area contributed by atoms with Crippen LogP contribution in [0.15, 0.2) is 0 Å². The Morgan fingerprint density at radius 3 is 2.15 bits per heavy atom. The first kappa shape index (κ1) is 10.3. The summed E-state index contributed by atoms with van der Waals surface area (Å²) in [5.74, 6) is 0. The summed E-state index contributed by atoms with van der Waals surface area (Å²) in [5, 5.41) is 9.02. The Balaban J connectivity index is 2.65. The lowest BCUT2D eigenvalue weighted by atomic mass is 9.84. The van der Waals surface area contributed by atoms with E-state index in [0.29, 0.717) is 0 Å². The lowest BCUT2D eigenvalue weighted by Crippen LogP contribution is -2.58. The largest absolute Gasteiger partial charge is 0.465 e. The van der Waals surface area contributed by atoms with Gasteiger partial charge in [-0.25, -0.2) is 4.79 Å². The first-order valence-corrected chi connectivity index (χ1v) is 4.60. The number of hydrogen-bond donors (Lipinski definition) is 2. The molecule has 0 aliphatic heterocycles. The molecule has 3 N–H and O–H groups in total. The van der Waals surface area contributed by atoms with Gasteiger partial charge in [-0.2, -0.15) is 0 Å².